The van der Waals surface area contributed by atoms with Crippen LogP contribution in [0.3, 0.4) is 0 Å². The molecule has 0 fully saturated rings. The summed E-state index contributed by atoms with van der Waals surface area (Å²) < 4.78 is 7.61. The van der Waals surface area contributed by atoms with E-state index in [0.29, 0.717) is 18.0 Å². The van der Waals surface area contributed by atoms with Gasteiger partial charge < -0.3 is 10.1 Å². The van der Waals surface area contributed by atoms with Crippen molar-refractivity contribution in [2.75, 3.05) is 19.0 Å². The lowest BCUT2D eigenvalue weighted by Gasteiger charge is -2.09. The van der Waals surface area contributed by atoms with E-state index in [4.69, 9.17) is 4.74 Å². The number of carbonyl (C=O) groups excluding carboxylic acids is 1. The summed E-state index contributed by atoms with van der Waals surface area (Å²) in [5.74, 6) is 0.227. The van der Waals surface area contributed by atoms with Crippen LogP contribution in [0.1, 0.15) is 17.3 Å². The van der Waals surface area contributed by atoms with Crippen molar-refractivity contribution >= 4 is 27.7 Å². The van der Waals surface area contributed by atoms with Crippen LogP contribution in [0.5, 0.6) is 0 Å². The first-order valence-corrected chi connectivity index (χ1v) is 6.65. The number of nitrogens with one attached hydrogen (secondary N) is 1. The molecule has 1 aromatic heterocycles. The van der Waals surface area contributed by atoms with Gasteiger partial charge in [-0.3, -0.25) is 0 Å². The van der Waals surface area contributed by atoms with Gasteiger partial charge in [0.15, 0.2) is 0 Å². The summed E-state index contributed by atoms with van der Waals surface area (Å²) in [4.78, 5) is 11.8. The van der Waals surface area contributed by atoms with E-state index >= 15 is 0 Å². The Labute approximate surface area is 119 Å². The van der Waals surface area contributed by atoms with Crippen molar-refractivity contribution in [2.45, 2.75) is 6.92 Å². The zero-order valence-electron chi connectivity index (χ0n) is 10.7. The van der Waals surface area contributed by atoms with Gasteiger partial charge in [-0.15, -0.1) is 0 Å². The maximum atomic E-state index is 11.8. The average Bonchev–Trinajstić information content (AvgIpc) is 2.82. The second kappa shape index (κ2) is 5.88. The Kier molecular flexibility index (Phi) is 4.21. The summed E-state index contributed by atoms with van der Waals surface area (Å²) in [5, 5.41) is 7.22. The normalized spacial score (nSPS) is 10.3. The second-order valence-electron chi connectivity index (χ2n) is 3.77. The molecule has 0 aliphatic carbocycles. The molecule has 0 amide bonds. The fourth-order valence-corrected chi connectivity index (χ4v) is 2.14. The number of ether oxygens (including phenoxy) is 1. The van der Waals surface area contributed by atoms with Crippen LogP contribution in [0.2, 0.25) is 0 Å². The molecule has 5 nitrogen and oxygen atoms in total. The second-order valence-corrected chi connectivity index (χ2v) is 4.68. The van der Waals surface area contributed by atoms with Crippen molar-refractivity contribution in [2.24, 2.45) is 0 Å². The number of benzene rings is 1. The summed E-state index contributed by atoms with van der Waals surface area (Å²) in [6.07, 6.45) is 1.50. The van der Waals surface area contributed by atoms with E-state index in [0.717, 1.165) is 10.2 Å². The lowest BCUT2D eigenvalue weighted by molar-refractivity contribution is 0.0527. The maximum absolute atomic E-state index is 11.8. The van der Waals surface area contributed by atoms with E-state index in [-0.39, 0.29) is 5.97 Å². The van der Waals surface area contributed by atoms with Crippen molar-refractivity contribution in [1.29, 1.82) is 0 Å². The minimum Gasteiger partial charge on any atom is -0.462 e. The summed E-state index contributed by atoms with van der Waals surface area (Å²) in [5.41, 5.74) is 1.28. The highest BCUT2D eigenvalue weighted by atomic mass is 79.9. The predicted octanol–water partition coefficient (Wildman–Crippen LogP) is 2.85. The number of hydrogen-bond acceptors (Lipinski definition) is 4. The third-order valence-corrected chi connectivity index (χ3v) is 3.05. The van der Waals surface area contributed by atoms with Gasteiger partial charge >= 0.3 is 5.97 Å². The molecule has 0 bridgehead atoms. The van der Waals surface area contributed by atoms with Crippen LogP contribution in [0, 0.1) is 0 Å². The van der Waals surface area contributed by atoms with Crippen LogP contribution in [0.4, 0.5) is 5.82 Å². The fraction of sp³-hybridized carbons (Fsp3) is 0.231. The quantitative estimate of drug-likeness (QED) is 0.879. The average molecular weight is 324 g/mol. The molecule has 0 radical (unpaired) electrons. The molecule has 0 atom stereocenters. The molecule has 2 rings (SSSR count). The molecule has 1 heterocycles. The lowest BCUT2D eigenvalue weighted by Crippen LogP contribution is -2.09. The van der Waals surface area contributed by atoms with Crippen LogP contribution in [-0.4, -0.2) is 29.4 Å². The lowest BCUT2D eigenvalue weighted by atomic mass is 10.3. The highest BCUT2D eigenvalue weighted by molar-refractivity contribution is 9.10. The molecule has 0 aliphatic rings. The van der Waals surface area contributed by atoms with Gasteiger partial charge in [-0.05, 0) is 25.1 Å². The number of nitrogens with zero attached hydrogens (tertiary/aromatic N) is 2. The summed E-state index contributed by atoms with van der Waals surface area (Å²) in [6.45, 7) is 2.11. The van der Waals surface area contributed by atoms with Gasteiger partial charge in [0.2, 0.25) is 0 Å². The van der Waals surface area contributed by atoms with Gasteiger partial charge in [0.05, 0.1) is 18.5 Å². The SMILES string of the molecule is CCOC(=O)c1cnn(-c2cccc(Br)c2)c1NC. The Morgan fingerprint density at radius 1 is 1.53 bits per heavy atom. The first-order valence-electron chi connectivity index (χ1n) is 5.86. The van der Waals surface area contributed by atoms with E-state index < -0.39 is 0 Å². The van der Waals surface area contributed by atoms with Crippen LogP contribution in [0.25, 0.3) is 5.69 Å². The molecular formula is C13H14BrN3O2. The molecule has 2 aromatic rings. The molecule has 0 spiro atoms. The van der Waals surface area contributed by atoms with Gasteiger partial charge in [0.1, 0.15) is 11.4 Å². The highest BCUT2D eigenvalue weighted by Gasteiger charge is 2.18. The Morgan fingerprint density at radius 2 is 2.32 bits per heavy atom. The van der Waals surface area contributed by atoms with Gasteiger partial charge in [-0.1, -0.05) is 22.0 Å². The monoisotopic (exact) mass is 323 g/mol. The van der Waals surface area contributed by atoms with Gasteiger partial charge in [-0.25, -0.2) is 9.48 Å². The zero-order chi connectivity index (χ0) is 13.8. The Morgan fingerprint density at radius 3 is 2.95 bits per heavy atom. The number of hydrogen-bond donors (Lipinski definition) is 1. The molecule has 0 aliphatic heterocycles. The number of rotatable bonds is 4. The van der Waals surface area contributed by atoms with Crippen LogP contribution in [-0.2, 0) is 4.74 Å². The summed E-state index contributed by atoms with van der Waals surface area (Å²) in [6, 6.07) is 7.67. The van der Waals surface area contributed by atoms with Crippen molar-refractivity contribution < 1.29 is 9.53 Å². The molecule has 1 aromatic carbocycles. The molecule has 100 valence electrons. The van der Waals surface area contributed by atoms with Crippen LogP contribution >= 0.6 is 15.9 Å². The van der Waals surface area contributed by atoms with Crippen molar-refractivity contribution in [3.63, 3.8) is 0 Å². The molecule has 6 heteroatoms. The molecule has 0 saturated heterocycles. The molecule has 19 heavy (non-hydrogen) atoms. The number of anilines is 1. The van der Waals surface area contributed by atoms with Gasteiger partial charge in [-0.2, -0.15) is 5.10 Å². The van der Waals surface area contributed by atoms with E-state index in [1.54, 1.807) is 18.7 Å². The van der Waals surface area contributed by atoms with Crippen molar-refractivity contribution in [3.05, 3.63) is 40.5 Å². The number of aromatic nitrogens is 2. The number of halogens is 1. The molecule has 1 N–H and O–H groups in total. The van der Waals surface area contributed by atoms with E-state index in [1.807, 2.05) is 24.3 Å². The fourth-order valence-electron chi connectivity index (χ4n) is 1.75. The minimum atomic E-state index is -0.381. The standard InChI is InChI=1S/C13H14BrN3O2/c1-3-19-13(18)11-8-16-17(12(11)15-2)10-6-4-5-9(14)7-10/h4-8,15H,3H2,1-2H3. The third kappa shape index (κ3) is 2.78. The molecule has 0 saturated carbocycles. The number of carbonyl (C=O) groups is 1. The molecule has 0 unspecified atom stereocenters. The first kappa shape index (κ1) is 13.6. The Balaban J connectivity index is 2.45. The van der Waals surface area contributed by atoms with Crippen LogP contribution in [0.15, 0.2) is 34.9 Å². The largest absolute Gasteiger partial charge is 0.462 e. The smallest absolute Gasteiger partial charge is 0.343 e. The predicted molar refractivity (Wildman–Crippen MR) is 76.8 cm³/mol. The minimum absolute atomic E-state index is 0.337. The Bertz CT molecular complexity index is 595. The summed E-state index contributed by atoms with van der Waals surface area (Å²) in [7, 11) is 1.74. The Hall–Kier alpha value is -1.82. The first-order chi connectivity index (χ1) is 9.17. The van der Waals surface area contributed by atoms with Gasteiger partial charge in [0, 0.05) is 11.5 Å². The summed E-state index contributed by atoms with van der Waals surface area (Å²) >= 11 is 3.41. The van der Waals surface area contributed by atoms with Crippen molar-refractivity contribution in [1.82, 2.24) is 9.78 Å². The third-order valence-electron chi connectivity index (χ3n) is 2.55. The maximum Gasteiger partial charge on any atom is 0.343 e. The number of esters is 1. The topological polar surface area (TPSA) is 56.1 Å². The van der Waals surface area contributed by atoms with E-state index in [9.17, 15) is 4.79 Å². The van der Waals surface area contributed by atoms with Crippen molar-refractivity contribution in [3.8, 4) is 5.69 Å². The van der Waals surface area contributed by atoms with Gasteiger partial charge in [0.25, 0.3) is 0 Å². The van der Waals surface area contributed by atoms with E-state index in [2.05, 4.69) is 26.3 Å². The molecular weight excluding hydrogens is 310 g/mol. The zero-order valence-corrected chi connectivity index (χ0v) is 12.3. The van der Waals surface area contributed by atoms with E-state index in [1.165, 1.54) is 6.20 Å². The highest BCUT2D eigenvalue weighted by Crippen LogP contribution is 2.22. The van der Waals surface area contributed by atoms with Crippen LogP contribution < -0.4 is 5.32 Å².